The van der Waals surface area contributed by atoms with Gasteiger partial charge in [-0.1, -0.05) is 24.3 Å². The first kappa shape index (κ1) is 22.9. The van der Waals surface area contributed by atoms with Crippen molar-refractivity contribution in [2.75, 3.05) is 0 Å². The fourth-order valence-corrected chi connectivity index (χ4v) is 3.66. The molecule has 3 heterocycles. The van der Waals surface area contributed by atoms with E-state index in [1.807, 2.05) is 24.3 Å². The summed E-state index contributed by atoms with van der Waals surface area (Å²) in [6, 6.07) is 20.2. The molecule has 2 aromatic carbocycles. The number of hydrogen-bond donors (Lipinski definition) is 2. The largest absolute Gasteiger partial charge is 0.451 e. The van der Waals surface area contributed by atoms with Crippen LogP contribution in [0, 0.1) is 10.1 Å². The maximum absolute atomic E-state index is 12.5. The summed E-state index contributed by atoms with van der Waals surface area (Å²) in [5, 5.41) is 16.9. The van der Waals surface area contributed by atoms with Gasteiger partial charge in [-0.05, 0) is 60.2 Å². The molecule has 178 valence electrons. The molecule has 36 heavy (non-hydrogen) atoms. The number of pyridine rings is 1. The van der Waals surface area contributed by atoms with E-state index in [2.05, 4.69) is 20.6 Å². The minimum absolute atomic E-state index is 0.0236. The van der Waals surface area contributed by atoms with Crippen molar-refractivity contribution in [2.45, 2.75) is 6.54 Å². The first-order chi connectivity index (χ1) is 17.5. The lowest BCUT2D eigenvalue weighted by atomic mass is 10.1. The molecular weight excluding hydrogens is 482 g/mol. The number of hydrogen-bond acceptors (Lipinski definition) is 8. The van der Waals surface area contributed by atoms with Gasteiger partial charge in [-0.2, -0.15) is 4.98 Å². The molecule has 5 rings (SSSR count). The highest BCUT2D eigenvalue weighted by atomic mass is 32.1. The molecule has 0 saturated heterocycles. The number of thiocarbonyl (C=S) groups is 1. The summed E-state index contributed by atoms with van der Waals surface area (Å²) in [7, 11) is 0. The zero-order chi connectivity index (χ0) is 25.1. The number of nitrogens with zero attached hydrogens (tertiary/aromatic N) is 3. The third kappa shape index (κ3) is 4.81. The molecule has 2 N–H and O–H groups in total. The first-order valence-electron chi connectivity index (χ1n) is 10.7. The SMILES string of the molecule is O=C(NC(=S)NCc1ccc(-c2nc3ncccc3o2)cc1)c1ccc(-c2ccccc2[N+](=O)[O-])o1. The molecule has 11 heteroatoms. The van der Waals surface area contributed by atoms with Gasteiger partial charge < -0.3 is 14.2 Å². The number of nitrogens with one attached hydrogen (secondary N) is 2. The average Bonchev–Trinajstić information content (AvgIpc) is 3.55. The van der Waals surface area contributed by atoms with E-state index in [1.165, 1.54) is 18.2 Å². The molecule has 0 aliphatic rings. The van der Waals surface area contributed by atoms with Crippen molar-refractivity contribution in [3.8, 4) is 22.8 Å². The molecular formula is C25H17N5O5S. The molecule has 0 spiro atoms. The maximum atomic E-state index is 12.5. The lowest BCUT2D eigenvalue weighted by molar-refractivity contribution is -0.384. The van der Waals surface area contributed by atoms with Crippen LogP contribution in [0.5, 0.6) is 0 Å². The van der Waals surface area contributed by atoms with Crippen molar-refractivity contribution in [2.24, 2.45) is 0 Å². The Morgan fingerprint density at radius 1 is 1.00 bits per heavy atom. The quantitative estimate of drug-likeness (QED) is 0.191. The van der Waals surface area contributed by atoms with Gasteiger partial charge in [0, 0.05) is 24.4 Å². The van der Waals surface area contributed by atoms with E-state index in [9.17, 15) is 14.9 Å². The van der Waals surface area contributed by atoms with Gasteiger partial charge in [0.15, 0.2) is 22.1 Å². The standard InChI is InChI=1S/C25H17N5O5S/c31-23(21-12-11-19(34-21)17-4-1-2-5-18(17)30(32)33)29-25(36)27-14-15-7-9-16(10-8-15)24-28-22-20(35-24)6-3-13-26-22/h1-13H,14H2,(H2,27,29,31,36). The Morgan fingerprint density at radius 2 is 1.81 bits per heavy atom. The van der Waals surface area contributed by atoms with Crippen molar-refractivity contribution in [1.82, 2.24) is 20.6 Å². The number of amides is 1. The molecule has 0 bridgehead atoms. The fourth-order valence-electron chi connectivity index (χ4n) is 3.49. The van der Waals surface area contributed by atoms with Crippen LogP contribution in [0.2, 0.25) is 0 Å². The molecule has 5 aromatic rings. The molecule has 0 atom stereocenters. The lowest BCUT2D eigenvalue weighted by Crippen LogP contribution is -2.38. The van der Waals surface area contributed by atoms with Crippen molar-refractivity contribution in [3.05, 3.63) is 100 Å². The molecule has 0 aliphatic heterocycles. The van der Waals surface area contributed by atoms with Gasteiger partial charge in [-0.25, -0.2) is 4.98 Å². The van der Waals surface area contributed by atoms with Crippen molar-refractivity contribution < 1.29 is 18.6 Å². The summed E-state index contributed by atoms with van der Waals surface area (Å²) in [5.41, 5.74) is 3.05. The first-order valence-corrected chi connectivity index (χ1v) is 11.1. The molecule has 0 radical (unpaired) electrons. The summed E-state index contributed by atoms with van der Waals surface area (Å²) in [6.07, 6.45) is 1.66. The zero-order valence-electron chi connectivity index (χ0n) is 18.5. The minimum atomic E-state index is -0.572. The topological polar surface area (TPSA) is 136 Å². The van der Waals surface area contributed by atoms with E-state index in [-0.39, 0.29) is 27.9 Å². The Kier molecular flexibility index (Phi) is 6.20. The van der Waals surface area contributed by atoms with Crippen LogP contribution in [0.25, 0.3) is 34.0 Å². The van der Waals surface area contributed by atoms with Crippen LogP contribution in [-0.4, -0.2) is 25.9 Å². The van der Waals surface area contributed by atoms with Gasteiger partial charge >= 0.3 is 0 Å². The second kappa shape index (κ2) is 9.76. The molecule has 0 aliphatic carbocycles. The Bertz CT molecular complexity index is 1560. The van der Waals surface area contributed by atoms with Crippen molar-refractivity contribution in [1.29, 1.82) is 0 Å². The van der Waals surface area contributed by atoms with Crippen LogP contribution >= 0.6 is 12.2 Å². The Balaban J connectivity index is 1.18. The van der Waals surface area contributed by atoms with Crippen molar-refractivity contribution in [3.63, 3.8) is 0 Å². The average molecular weight is 500 g/mol. The minimum Gasteiger partial charge on any atom is -0.451 e. The number of fused-ring (bicyclic) bond motifs is 1. The predicted octanol–water partition coefficient (Wildman–Crippen LogP) is 4.86. The zero-order valence-corrected chi connectivity index (χ0v) is 19.3. The number of carbonyl (C=O) groups excluding carboxylic acids is 1. The number of aromatic nitrogens is 2. The van der Waals surface area contributed by atoms with Crippen LogP contribution in [0.4, 0.5) is 5.69 Å². The molecule has 0 saturated carbocycles. The Labute approximate surface area is 209 Å². The van der Waals surface area contributed by atoms with Gasteiger partial charge in [0.25, 0.3) is 11.6 Å². The van der Waals surface area contributed by atoms with E-state index in [0.717, 1.165) is 11.1 Å². The highest BCUT2D eigenvalue weighted by molar-refractivity contribution is 7.80. The van der Waals surface area contributed by atoms with E-state index in [4.69, 9.17) is 21.1 Å². The Morgan fingerprint density at radius 3 is 2.58 bits per heavy atom. The summed E-state index contributed by atoms with van der Waals surface area (Å²) in [6.45, 7) is 0.369. The summed E-state index contributed by atoms with van der Waals surface area (Å²) in [5.74, 6) is 0.0903. The number of carbonyl (C=O) groups is 1. The van der Waals surface area contributed by atoms with Crippen LogP contribution < -0.4 is 10.6 Å². The van der Waals surface area contributed by atoms with Gasteiger partial charge in [-0.15, -0.1) is 0 Å². The van der Waals surface area contributed by atoms with Crippen molar-refractivity contribution >= 4 is 40.2 Å². The molecule has 3 aromatic heterocycles. The van der Waals surface area contributed by atoms with E-state index in [0.29, 0.717) is 23.7 Å². The third-order valence-electron chi connectivity index (χ3n) is 5.24. The number of nitro benzene ring substituents is 1. The highest BCUT2D eigenvalue weighted by Gasteiger charge is 2.19. The molecule has 0 unspecified atom stereocenters. The molecule has 1 amide bonds. The normalized spacial score (nSPS) is 10.8. The van der Waals surface area contributed by atoms with E-state index < -0.39 is 10.8 Å². The van der Waals surface area contributed by atoms with Gasteiger partial charge in [0.1, 0.15) is 5.76 Å². The van der Waals surface area contributed by atoms with Crippen LogP contribution in [0.1, 0.15) is 16.1 Å². The second-order valence-electron chi connectivity index (χ2n) is 7.62. The predicted molar refractivity (Wildman–Crippen MR) is 135 cm³/mol. The van der Waals surface area contributed by atoms with Gasteiger partial charge in [-0.3, -0.25) is 20.2 Å². The number of oxazole rings is 1. The molecule has 10 nitrogen and oxygen atoms in total. The van der Waals surface area contributed by atoms with E-state index in [1.54, 1.807) is 36.5 Å². The number of benzene rings is 2. The smallest absolute Gasteiger partial charge is 0.293 e. The number of para-hydroxylation sites is 1. The fraction of sp³-hybridized carbons (Fsp3) is 0.0400. The number of nitro groups is 1. The number of rotatable bonds is 6. The maximum Gasteiger partial charge on any atom is 0.293 e. The third-order valence-corrected chi connectivity index (χ3v) is 5.49. The number of furan rings is 1. The molecule has 0 fully saturated rings. The monoisotopic (exact) mass is 499 g/mol. The summed E-state index contributed by atoms with van der Waals surface area (Å²) in [4.78, 5) is 31.8. The van der Waals surface area contributed by atoms with E-state index >= 15 is 0 Å². The second-order valence-corrected chi connectivity index (χ2v) is 8.02. The van der Waals surface area contributed by atoms with Crippen LogP contribution in [0.3, 0.4) is 0 Å². The van der Waals surface area contributed by atoms with Gasteiger partial charge in [0.05, 0.1) is 10.5 Å². The Hall–Kier alpha value is -4.90. The summed E-state index contributed by atoms with van der Waals surface area (Å²) < 4.78 is 11.3. The van der Waals surface area contributed by atoms with Crippen LogP contribution in [-0.2, 0) is 6.54 Å². The lowest BCUT2D eigenvalue weighted by Gasteiger charge is -2.09. The summed E-state index contributed by atoms with van der Waals surface area (Å²) >= 11 is 5.22. The van der Waals surface area contributed by atoms with Crippen LogP contribution in [0.15, 0.2) is 87.8 Å². The van der Waals surface area contributed by atoms with Gasteiger partial charge in [0.2, 0.25) is 5.89 Å². The highest BCUT2D eigenvalue weighted by Crippen LogP contribution is 2.30.